The van der Waals surface area contributed by atoms with Gasteiger partial charge in [-0.15, -0.1) is 11.3 Å². The average Bonchev–Trinajstić information content (AvgIpc) is 3.30. The Morgan fingerprint density at radius 3 is 2.90 bits per heavy atom. The summed E-state index contributed by atoms with van der Waals surface area (Å²) in [6.07, 6.45) is 4.85. The van der Waals surface area contributed by atoms with Crippen molar-refractivity contribution in [3.63, 3.8) is 0 Å². The zero-order valence-electron chi connectivity index (χ0n) is 22.9. The molecule has 1 aliphatic carbocycles. The number of H-pyrrole nitrogens is 1. The first-order chi connectivity index (χ1) is 19.4. The molecule has 208 valence electrons. The highest BCUT2D eigenvalue weighted by Crippen LogP contribution is 2.40. The molecule has 6 rings (SSSR count). The molecule has 40 heavy (non-hydrogen) atoms. The van der Waals surface area contributed by atoms with Gasteiger partial charge in [-0.3, -0.25) is 24.6 Å². The molecular weight excluding hydrogens is 524 g/mol. The molecule has 1 atom stereocenters. The molecule has 2 amide bonds. The molecule has 0 bridgehead atoms. The second-order valence-electron chi connectivity index (χ2n) is 11.0. The van der Waals surface area contributed by atoms with Gasteiger partial charge in [0.1, 0.15) is 5.69 Å². The number of carbonyl (C=O) groups excluding carboxylic acids is 2. The van der Waals surface area contributed by atoms with Crippen LogP contribution in [0, 0.1) is 5.41 Å². The van der Waals surface area contributed by atoms with E-state index in [0.29, 0.717) is 37.7 Å². The van der Waals surface area contributed by atoms with Gasteiger partial charge in [-0.2, -0.15) is 5.10 Å². The van der Waals surface area contributed by atoms with E-state index in [1.54, 1.807) is 23.3 Å². The number of fused-ring (bicyclic) bond motifs is 1. The molecule has 0 spiro atoms. The fraction of sp³-hybridized carbons (Fsp3) is 0.400. The molecule has 1 saturated heterocycles. The predicted molar refractivity (Wildman–Crippen MR) is 156 cm³/mol. The van der Waals surface area contributed by atoms with Crippen LogP contribution in [0.5, 0.6) is 0 Å². The van der Waals surface area contributed by atoms with Crippen LogP contribution in [-0.4, -0.2) is 77.2 Å². The molecular formula is C30H34N6O3S. The van der Waals surface area contributed by atoms with Crippen LogP contribution in [0.4, 0.5) is 5.69 Å². The topological polar surface area (TPSA) is 103 Å². The third-order valence-electron chi connectivity index (χ3n) is 7.96. The Hall–Kier alpha value is -3.60. The maximum absolute atomic E-state index is 13.7. The van der Waals surface area contributed by atoms with E-state index < -0.39 is 5.41 Å². The molecule has 9 nitrogen and oxygen atoms in total. The standard InChI is InChI=1S/C30H34N6O3S/c1-35(16-23-4-3-13-40-23)27(37)17-36-12-10-30(18-36,19-39-2)29(38)32-22-7-8-25-24(15-22)28(34-33-25)21-9-11-31-26(14-21)20-5-6-20/h3-4,7-9,11,13-15,20H,5-6,10,12,16-19H2,1-2H3,(H,32,38)(H,33,34)/t30-/m1/s1. The van der Waals surface area contributed by atoms with Crippen LogP contribution in [0.1, 0.15) is 35.8 Å². The van der Waals surface area contributed by atoms with E-state index in [9.17, 15) is 9.59 Å². The number of hydrogen-bond donors (Lipinski definition) is 2. The molecule has 0 unspecified atom stereocenters. The van der Waals surface area contributed by atoms with Crippen LogP contribution in [0.25, 0.3) is 22.2 Å². The van der Waals surface area contributed by atoms with Gasteiger partial charge in [0, 0.05) is 60.0 Å². The van der Waals surface area contributed by atoms with Crippen LogP contribution in [0.3, 0.4) is 0 Å². The zero-order valence-corrected chi connectivity index (χ0v) is 23.7. The Kier molecular flexibility index (Phi) is 7.39. The average molecular weight is 559 g/mol. The van der Waals surface area contributed by atoms with Crippen molar-refractivity contribution in [3.8, 4) is 11.3 Å². The number of aromatic amines is 1. The molecule has 2 fully saturated rings. The number of nitrogens with one attached hydrogen (secondary N) is 2. The lowest BCUT2D eigenvalue weighted by molar-refractivity contribution is -0.132. The van der Waals surface area contributed by atoms with Crippen molar-refractivity contribution in [2.45, 2.75) is 31.7 Å². The molecule has 1 aromatic carbocycles. The summed E-state index contributed by atoms with van der Waals surface area (Å²) in [5.41, 5.74) is 3.85. The van der Waals surface area contributed by atoms with Gasteiger partial charge in [-0.05, 0) is 67.6 Å². The fourth-order valence-electron chi connectivity index (χ4n) is 5.55. The number of likely N-dealkylation sites (N-methyl/N-ethyl adjacent to an activating group) is 1. The highest BCUT2D eigenvalue weighted by Gasteiger charge is 2.45. The molecule has 1 saturated carbocycles. The normalized spacial score (nSPS) is 19.2. The minimum absolute atomic E-state index is 0.0425. The Balaban J connectivity index is 1.15. The third-order valence-corrected chi connectivity index (χ3v) is 8.82. The monoisotopic (exact) mass is 558 g/mol. The van der Waals surface area contributed by atoms with Crippen LogP contribution >= 0.6 is 11.3 Å². The number of likely N-dealkylation sites (tertiary alicyclic amines) is 1. The van der Waals surface area contributed by atoms with Crippen molar-refractivity contribution in [2.75, 3.05) is 45.7 Å². The van der Waals surface area contributed by atoms with Crippen molar-refractivity contribution < 1.29 is 14.3 Å². The van der Waals surface area contributed by atoms with E-state index in [-0.39, 0.29) is 25.0 Å². The van der Waals surface area contributed by atoms with E-state index in [4.69, 9.17) is 4.74 Å². The summed E-state index contributed by atoms with van der Waals surface area (Å²) in [4.78, 5) is 36.1. The van der Waals surface area contributed by atoms with E-state index >= 15 is 0 Å². The molecule has 4 heterocycles. The fourth-order valence-corrected chi connectivity index (χ4v) is 6.31. The van der Waals surface area contributed by atoms with E-state index in [0.717, 1.165) is 32.7 Å². The number of methoxy groups -OCH3 is 1. The second-order valence-corrected chi connectivity index (χ2v) is 12.1. The van der Waals surface area contributed by atoms with Gasteiger partial charge in [-0.1, -0.05) is 6.07 Å². The van der Waals surface area contributed by atoms with E-state index in [1.807, 2.05) is 55.0 Å². The maximum Gasteiger partial charge on any atom is 0.236 e. The number of ether oxygens (including phenoxy) is 1. The van der Waals surface area contributed by atoms with Crippen LogP contribution in [-0.2, 0) is 20.9 Å². The first-order valence-electron chi connectivity index (χ1n) is 13.7. The van der Waals surface area contributed by atoms with Gasteiger partial charge in [0.15, 0.2) is 0 Å². The number of thiophene rings is 1. The zero-order chi connectivity index (χ0) is 27.7. The van der Waals surface area contributed by atoms with Crippen molar-refractivity contribution >= 4 is 39.7 Å². The number of nitrogens with zero attached hydrogens (tertiary/aromatic N) is 4. The summed E-state index contributed by atoms with van der Waals surface area (Å²) in [7, 11) is 3.44. The Bertz CT molecular complexity index is 1510. The Morgan fingerprint density at radius 1 is 1.25 bits per heavy atom. The molecule has 2 aliphatic rings. The second kappa shape index (κ2) is 11.1. The lowest BCUT2D eigenvalue weighted by Gasteiger charge is -2.28. The molecule has 10 heteroatoms. The first kappa shape index (κ1) is 26.6. The quantitative estimate of drug-likeness (QED) is 0.297. The van der Waals surface area contributed by atoms with Crippen LogP contribution < -0.4 is 5.32 Å². The summed E-state index contributed by atoms with van der Waals surface area (Å²) in [5, 5.41) is 13.8. The number of amides is 2. The van der Waals surface area contributed by atoms with Gasteiger partial charge in [0.25, 0.3) is 0 Å². The number of benzene rings is 1. The Morgan fingerprint density at radius 2 is 2.12 bits per heavy atom. The number of hydrogen-bond acceptors (Lipinski definition) is 7. The van der Waals surface area contributed by atoms with Gasteiger partial charge < -0.3 is 15.0 Å². The highest BCUT2D eigenvalue weighted by molar-refractivity contribution is 7.09. The number of aromatic nitrogens is 3. The largest absolute Gasteiger partial charge is 0.384 e. The summed E-state index contributed by atoms with van der Waals surface area (Å²) < 4.78 is 5.53. The third kappa shape index (κ3) is 5.52. The van der Waals surface area contributed by atoms with Crippen LogP contribution in [0.2, 0.25) is 0 Å². The molecule has 0 radical (unpaired) electrons. The van der Waals surface area contributed by atoms with Gasteiger partial charge in [0.2, 0.25) is 11.8 Å². The summed E-state index contributed by atoms with van der Waals surface area (Å²) in [6.45, 7) is 2.28. The summed E-state index contributed by atoms with van der Waals surface area (Å²) >= 11 is 1.64. The van der Waals surface area contributed by atoms with Crippen molar-refractivity contribution in [3.05, 3.63) is 64.6 Å². The lowest BCUT2D eigenvalue weighted by atomic mass is 9.87. The number of anilines is 1. The minimum Gasteiger partial charge on any atom is -0.384 e. The van der Waals surface area contributed by atoms with Crippen molar-refractivity contribution in [1.82, 2.24) is 25.0 Å². The molecule has 3 aromatic heterocycles. The molecule has 2 N–H and O–H groups in total. The number of carbonyl (C=O) groups is 2. The predicted octanol–water partition coefficient (Wildman–Crippen LogP) is 4.50. The number of pyridine rings is 1. The lowest BCUT2D eigenvalue weighted by Crippen LogP contribution is -2.44. The maximum atomic E-state index is 13.7. The Labute approximate surface area is 237 Å². The first-order valence-corrected chi connectivity index (χ1v) is 14.6. The minimum atomic E-state index is -0.736. The highest BCUT2D eigenvalue weighted by atomic mass is 32.1. The van der Waals surface area contributed by atoms with Gasteiger partial charge in [0.05, 0.1) is 30.6 Å². The van der Waals surface area contributed by atoms with Gasteiger partial charge in [-0.25, -0.2) is 0 Å². The van der Waals surface area contributed by atoms with Gasteiger partial charge >= 0.3 is 0 Å². The summed E-state index contributed by atoms with van der Waals surface area (Å²) in [6, 6.07) is 13.9. The smallest absolute Gasteiger partial charge is 0.236 e. The molecule has 1 aliphatic heterocycles. The van der Waals surface area contributed by atoms with Crippen LogP contribution in [0.15, 0.2) is 54.0 Å². The van der Waals surface area contributed by atoms with E-state index in [1.165, 1.54) is 12.8 Å². The molecule has 4 aromatic rings. The number of rotatable bonds is 10. The van der Waals surface area contributed by atoms with Crippen molar-refractivity contribution in [1.29, 1.82) is 0 Å². The van der Waals surface area contributed by atoms with Crippen molar-refractivity contribution in [2.24, 2.45) is 5.41 Å². The SMILES string of the molecule is COC[C@@]1(C(=O)Nc2ccc3[nH]nc(-c4ccnc(C5CC5)c4)c3c2)CCN(CC(=O)N(C)Cc2cccs2)C1. The van der Waals surface area contributed by atoms with E-state index in [2.05, 4.69) is 31.5 Å². The summed E-state index contributed by atoms with van der Waals surface area (Å²) in [5.74, 6) is 0.501.